The topological polar surface area (TPSA) is 103 Å². The number of aromatic amines is 1. The highest BCUT2D eigenvalue weighted by Crippen LogP contribution is 2.41. The first-order valence-electron chi connectivity index (χ1n) is 16.5. The van der Waals surface area contributed by atoms with E-state index in [9.17, 15) is 13.6 Å². The predicted octanol–water partition coefficient (Wildman–Crippen LogP) is 6.98. The van der Waals surface area contributed by atoms with Crippen LogP contribution in [0.4, 0.5) is 19.0 Å². The van der Waals surface area contributed by atoms with Crippen molar-refractivity contribution >= 4 is 62.5 Å². The normalized spacial score (nSPS) is 20.7. The molecule has 3 fully saturated rings. The Kier molecular flexibility index (Phi) is 9.68. The van der Waals surface area contributed by atoms with E-state index >= 15 is 4.39 Å². The SMILES string of the molecule is COc1nc(N(C)C2CCN(C(=O)/C(F)=C/c3nccs3)C2)c2ccc(-c3c(Cl)c(C)cc4[nH]ncc34)c(F)c2n1.FC1CC2CCCN2C1. The molecule has 1 N–H and O–H groups in total. The van der Waals surface area contributed by atoms with Crippen molar-refractivity contribution in [2.75, 3.05) is 45.2 Å². The lowest BCUT2D eigenvalue weighted by atomic mass is 9.97. The first-order chi connectivity index (χ1) is 24.1. The average molecular weight is 725 g/mol. The van der Waals surface area contributed by atoms with Gasteiger partial charge in [0.2, 0.25) is 0 Å². The van der Waals surface area contributed by atoms with E-state index in [4.69, 9.17) is 16.3 Å². The molecule has 3 aliphatic rings. The molecule has 8 rings (SSSR count). The number of hydrogen-bond acceptors (Lipinski definition) is 9. The number of likely N-dealkylation sites (tertiary alicyclic amines) is 1. The van der Waals surface area contributed by atoms with Gasteiger partial charge in [-0.25, -0.2) is 18.2 Å². The molecule has 50 heavy (non-hydrogen) atoms. The Balaban J connectivity index is 0.000000375. The Bertz CT molecular complexity index is 2060. The minimum atomic E-state index is -0.867. The van der Waals surface area contributed by atoms with Crippen molar-refractivity contribution in [3.63, 3.8) is 0 Å². The summed E-state index contributed by atoms with van der Waals surface area (Å²) >= 11 is 7.92. The highest BCUT2D eigenvalue weighted by Gasteiger charge is 2.35. The molecule has 3 unspecified atom stereocenters. The van der Waals surface area contributed by atoms with Gasteiger partial charge in [-0.2, -0.15) is 15.1 Å². The Morgan fingerprint density at radius 3 is 2.80 bits per heavy atom. The van der Waals surface area contributed by atoms with Gasteiger partial charge in [0.05, 0.1) is 23.8 Å². The quantitative estimate of drug-likeness (QED) is 0.187. The summed E-state index contributed by atoms with van der Waals surface area (Å²) in [6, 6.07) is 5.66. The lowest BCUT2D eigenvalue weighted by Crippen LogP contribution is -2.37. The fourth-order valence-electron chi connectivity index (χ4n) is 7.21. The van der Waals surface area contributed by atoms with Gasteiger partial charge in [0.1, 0.15) is 22.5 Å². The zero-order valence-corrected chi connectivity index (χ0v) is 29.4. The maximum Gasteiger partial charge on any atom is 0.318 e. The zero-order chi connectivity index (χ0) is 35.1. The third-order valence-electron chi connectivity index (χ3n) is 9.78. The molecule has 0 bridgehead atoms. The van der Waals surface area contributed by atoms with Crippen LogP contribution in [-0.2, 0) is 4.79 Å². The molecule has 0 aliphatic carbocycles. The molecule has 0 radical (unpaired) electrons. The highest BCUT2D eigenvalue weighted by molar-refractivity contribution is 7.10. The Labute approximate surface area is 295 Å². The van der Waals surface area contributed by atoms with E-state index in [1.54, 1.807) is 37.0 Å². The Morgan fingerprint density at radius 1 is 1.20 bits per heavy atom. The van der Waals surface area contributed by atoms with Crippen LogP contribution in [-0.4, -0.2) is 99.4 Å². The third-order valence-corrected chi connectivity index (χ3v) is 11.0. The summed E-state index contributed by atoms with van der Waals surface area (Å²) in [4.78, 5) is 31.2. The van der Waals surface area contributed by atoms with Gasteiger partial charge in [0.15, 0.2) is 11.6 Å². The highest BCUT2D eigenvalue weighted by atomic mass is 35.5. The average Bonchev–Trinajstić information content (AvgIpc) is 3.95. The van der Waals surface area contributed by atoms with Crippen molar-refractivity contribution in [1.29, 1.82) is 0 Å². The van der Waals surface area contributed by atoms with Crippen molar-refractivity contribution in [2.24, 2.45) is 0 Å². The molecule has 3 atom stereocenters. The second-order valence-corrected chi connectivity index (χ2v) is 14.2. The number of carbonyl (C=O) groups excluding carboxylic acids is 1. The van der Waals surface area contributed by atoms with E-state index < -0.39 is 23.7 Å². The number of halogens is 4. The molecule has 1 amide bonds. The number of thiazole rings is 1. The second-order valence-electron chi connectivity index (χ2n) is 12.9. The number of rotatable bonds is 6. The number of ether oxygens (including phenoxy) is 1. The molecule has 5 aromatic rings. The number of nitrogens with zero attached hydrogens (tertiary/aromatic N) is 7. The molecule has 10 nitrogen and oxygen atoms in total. The summed E-state index contributed by atoms with van der Waals surface area (Å²) in [6.07, 6.45) is 7.69. The molecule has 2 aromatic carbocycles. The van der Waals surface area contributed by atoms with Crippen LogP contribution >= 0.6 is 22.9 Å². The summed E-state index contributed by atoms with van der Waals surface area (Å²) in [5, 5.41) is 10.7. The number of carbonyl (C=O) groups is 1. The van der Waals surface area contributed by atoms with Gasteiger partial charge in [-0.3, -0.25) is 14.8 Å². The number of aryl methyl sites for hydroxylation is 1. The standard InChI is InChI=1S/C28H24ClF2N7O2S.C7H12FN/c1-14-10-20-18(12-33-36-20)22(23(14)29)16-4-5-17-25(24(16)31)34-28(40-3)35-26(17)37(2)15-6-8-38(13-15)27(39)19(30)11-21-32-7-9-41-21;8-6-4-7-2-1-3-9(7)5-6/h4-5,7,9-12,15H,6,8,13H2,1-3H3,(H,33,36);6-7H,1-5H2/b19-11-;. The van der Waals surface area contributed by atoms with Crippen molar-refractivity contribution in [2.45, 2.75) is 50.9 Å². The van der Waals surface area contributed by atoms with Gasteiger partial charge in [0.25, 0.3) is 5.91 Å². The summed E-state index contributed by atoms with van der Waals surface area (Å²) in [6.45, 7) is 4.33. The number of alkyl halides is 1. The van der Waals surface area contributed by atoms with E-state index in [1.807, 2.05) is 17.9 Å². The summed E-state index contributed by atoms with van der Waals surface area (Å²) in [7, 11) is 3.21. The van der Waals surface area contributed by atoms with E-state index in [-0.39, 0.29) is 29.7 Å². The van der Waals surface area contributed by atoms with Crippen LogP contribution in [0.1, 0.15) is 36.3 Å². The van der Waals surface area contributed by atoms with Crippen LogP contribution in [0.5, 0.6) is 6.01 Å². The molecule has 0 saturated carbocycles. The molecule has 3 aliphatic heterocycles. The molecule has 15 heteroatoms. The molecule has 3 saturated heterocycles. The van der Waals surface area contributed by atoms with Crippen molar-refractivity contribution < 1.29 is 22.7 Å². The number of amides is 1. The fraction of sp³-hybridized carbons (Fsp3) is 0.400. The number of benzene rings is 2. The number of fused-ring (bicyclic) bond motifs is 3. The Morgan fingerprint density at radius 2 is 2.04 bits per heavy atom. The van der Waals surface area contributed by atoms with Crippen LogP contribution in [0.25, 0.3) is 39.0 Å². The lowest BCUT2D eigenvalue weighted by molar-refractivity contribution is -0.127. The molecular weight excluding hydrogens is 689 g/mol. The minimum absolute atomic E-state index is 0.0115. The number of likely N-dealkylation sites (N-methyl/N-ethyl adjacent to an activating group) is 1. The zero-order valence-electron chi connectivity index (χ0n) is 27.8. The minimum Gasteiger partial charge on any atom is -0.467 e. The van der Waals surface area contributed by atoms with Gasteiger partial charge in [-0.05, 0) is 56.8 Å². The molecule has 6 heterocycles. The van der Waals surface area contributed by atoms with Gasteiger partial charge in [-0.1, -0.05) is 17.7 Å². The molecular formula is C35H36ClF3N8O2S. The summed E-state index contributed by atoms with van der Waals surface area (Å²) in [5.41, 5.74) is 2.36. The Hall–Kier alpha value is -4.27. The van der Waals surface area contributed by atoms with Gasteiger partial charge in [0, 0.05) is 78.3 Å². The fourth-order valence-corrected chi connectivity index (χ4v) is 8.02. The van der Waals surface area contributed by atoms with E-state index in [2.05, 4.69) is 30.0 Å². The van der Waals surface area contributed by atoms with Crippen LogP contribution in [0.15, 0.2) is 41.8 Å². The van der Waals surface area contributed by atoms with Crippen LogP contribution in [0.2, 0.25) is 5.02 Å². The number of anilines is 1. The number of aromatic nitrogens is 5. The van der Waals surface area contributed by atoms with Gasteiger partial charge < -0.3 is 14.5 Å². The number of hydrogen-bond donors (Lipinski definition) is 1. The number of H-pyrrole nitrogens is 1. The summed E-state index contributed by atoms with van der Waals surface area (Å²) in [5.74, 6) is -1.71. The van der Waals surface area contributed by atoms with Gasteiger partial charge >= 0.3 is 6.01 Å². The van der Waals surface area contributed by atoms with Gasteiger partial charge in [-0.15, -0.1) is 11.3 Å². The summed E-state index contributed by atoms with van der Waals surface area (Å²) < 4.78 is 48.9. The van der Waals surface area contributed by atoms with Crippen molar-refractivity contribution in [3.05, 3.63) is 63.2 Å². The largest absolute Gasteiger partial charge is 0.467 e. The number of methoxy groups -OCH3 is 1. The van der Waals surface area contributed by atoms with E-state index in [0.29, 0.717) is 57.7 Å². The lowest BCUT2D eigenvalue weighted by Gasteiger charge is -2.27. The van der Waals surface area contributed by atoms with Crippen LogP contribution in [0.3, 0.4) is 0 Å². The van der Waals surface area contributed by atoms with Crippen molar-refractivity contribution in [3.8, 4) is 17.1 Å². The predicted molar refractivity (Wildman–Crippen MR) is 190 cm³/mol. The van der Waals surface area contributed by atoms with Crippen LogP contribution < -0.4 is 9.64 Å². The first kappa shape index (κ1) is 34.2. The maximum absolute atomic E-state index is 16.3. The second kappa shape index (κ2) is 14.2. The smallest absolute Gasteiger partial charge is 0.318 e. The first-order valence-corrected chi connectivity index (χ1v) is 17.7. The monoisotopic (exact) mass is 724 g/mol. The number of nitrogens with one attached hydrogen (secondary N) is 1. The van der Waals surface area contributed by atoms with Crippen molar-refractivity contribution in [1.82, 2.24) is 34.9 Å². The maximum atomic E-state index is 16.3. The van der Waals surface area contributed by atoms with Crippen LogP contribution in [0, 0.1) is 12.7 Å². The third kappa shape index (κ3) is 6.51. The van der Waals surface area contributed by atoms with E-state index in [1.165, 1.54) is 36.2 Å². The molecule has 262 valence electrons. The van der Waals surface area contributed by atoms with E-state index in [0.717, 1.165) is 30.1 Å². The molecule has 0 spiro atoms. The molecule has 3 aromatic heterocycles.